The predicted octanol–water partition coefficient (Wildman–Crippen LogP) is -16.1. The molecule has 0 aliphatic carbocycles. The third-order valence-electron chi connectivity index (χ3n) is 3.02. The smallest absolute Gasteiger partial charge is 1.00 e. The summed E-state index contributed by atoms with van der Waals surface area (Å²) >= 11 is -3.70. The fraction of sp³-hybridized carbons (Fsp3) is 0.500. The average molecular weight is 656 g/mol. The Morgan fingerprint density at radius 1 is 0.900 bits per heavy atom. The number of rotatable bonds is 5. The van der Waals surface area contributed by atoms with Crippen LogP contribution >= 0.6 is 0 Å². The minimum absolute atomic E-state index is 0. The van der Waals surface area contributed by atoms with E-state index in [0.717, 1.165) is 0 Å². The molecule has 0 atom stereocenters. The van der Waals surface area contributed by atoms with Crippen LogP contribution in [0.5, 0.6) is 0 Å². The van der Waals surface area contributed by atoms with Gasteiger partial charge < -0.3 is 34.8 Å². The maximum Gasteiger partial charge on any atom is 1.00 e. The largest absolute Gasteiger partial charge is 1.00 e. The molecule has 2 saturated heterocycles. The number of carbonyl (C=O) groups is 6. The van der Waals surface area contributed by atoms with E-state index in [1.807, 2.05) is 0 Å². The first-order valence-corrected chi connectivity index (χ1v) is 11.0. The van der Waals surface area contributed by atoms with Gasteiger partial charge in [-0.2, -0.15) is 0 Å². The SMILES string of the molecule is O=C([O-])CC(O)(CC(=O)[O-])C(=O)[O-].O=C1CC2(O)CC(=O)[O][Bi]([O]1)[O]C2=O.[Na+].[Na+].[Na+]. The summed E-state index contributed by atoms with van der Waals surface area (Å²) in [5, 5.41) is 48.6. The van der Waals surface area contributed by atoms with Crippen LogP contribution in [0.3, 0.4) is 0 Å². The van der Waals surface area contributed by atoms with E-state index in [1.54, 1.807) is 0 Å². The second-order valence-corrected chi connectivity index (χ2v) is 9.20. The quantitative estimate of drug-likeness (QED) is 0.262. The Hall–Kier alpha value is 0.623. The molecule has 2 aliphatic rings. The van der Waals surface area contributed by atoms with E-state index >= 15 is 0 Å². The standard InChI is InChI=1S/2C6H8O7.Bi.3Na/c2*7-3(8)1-6(13,5(11)12)2-4(9)10;;;;/h2*13H,1-2H2,(H,7,8)(H,9,10)(H,11,12);;;;/q;;+3;3*+1/p-6. The van der Waals surface area contributed by atoms with Crippen LogP contribution in [0.4, 0.5) is 0 Å². The fourth-order valence-electron chi connectivity index (χ4n) is 1.81. The molecule has 0 aromatic heterocycles. The summed E-state index contributed by atoms with van der Waals surface area (Å²) in [4.78, 5) is 63.2. The molecule has 18 heteroatoms. The number of aliphatic carboxylic acids is 3. The van der Waals surface area contributed by atoms with Gasteiger partial charge in [0.05, 0.1) is 5.97 Å². The zero-order valence-electron chi connectivity index (χ0n) is 16.1. The van der Waals surface area contributed by atoms with Crippen molar-refractivity contribution in [2.75, 3.05) is 0 Å². The summed E-state index contributed by atoms with van der Waals surface area (Å²) < 4.78 is 13.8. The van der Waals surface area contributed by atoms with Gasteiger partial charge in [-0.05, 0) is 0 Å². The van der Waals surface area contributed by atoms with Gasteiger partial charge in [0.15, 0.2) is 0 Å². The molecule has 2 fully saturated rings. The Labute approximate surface area is 244 Å². The van der Waals surface area contributed by atoms with Gasteiger partial charge in [0.25, 0.3) is 0 Å². The van der Waals surface area contributed by atoms with Crippen LogP contribution < -0.4 is 104 Å². The van der Waals surface area contributed by atoms with Crippen LogP contribution in [0.1, 0.15) is 25.7 Å². The van der Waals surface area contributed by atoms with E-state index in [9.17, 15) is 49.2 Å². The summed E-state index contributed by atoms with van der Waals surface area (Å²) in [6, 6.07) is 0. The summed E-state index contributed by atoms with van der Waals surface area (Å²) in [6.45, 7) is 0. The summed E-state index contributed by atoms with van der Waals surface area (Å²) in [5.41, 5.74) is -5.08. The molecule has 0 aromatic carbocycles. The van der Waals surface area contributed by atoms with Gasteiger partial charge in [-0.1, -0.05) is 0 Å². The van der Waals surface area contributed by atoms with Gasteiger partial charge in [0, 0.05) is 24.8 Å². The molecule has 0 radical (unpaired) electrons. The second kappa shape index (κ2) is 14.7. The number of hydrogen-bond donors (Lipinski definition) is 2. The maximum atomic E-state index is 11.2. The maximum absolute atomic E-state index is 11.2. The van der Waals surface area contributed by atoms with Crippen LogP contribution in [0, 0.1) is 0 Å². The molecule has 2 bridgehead atoms. The van der Waals surface area contributed by atoms with E-state index < -0.39 is 95.8 Å². The van der Waals surface area contributed by atoms with Gasteiger partial charge >= 0.3 is 176 Å². The van der Waals surface area contributed by atoms with Gasteiger partial charge in [0.1, 0.15) is 5.60 Å². The van der Waals surface area contributed by atoms with Crippen molar-refractivity contribution >= 4 is 58.9 Å². The van der Waals surface area contributed by atoms with Crippen molar-refractivity contribution in [3.8, 4) is 0 Å². The molecular formula is C12H10BiNa3O14. The van der Waals surface area contributed by atoms with Gasteiger partial charge in [-0.3, -0.25) is 0 Å². The van der Waals surface area contributed by atoms with E-state index in [4.69, 9.17) is 5.11 Å². The van der Waals surface area contributed by atoms with Gasteiger partial charge in [-0.25, -0.2) is 0 Å². The van der Waals surface area contributed by atoms with Gasteiger partial charge in [0.2, 0.25) is 0 Å². The number of aliphatic hydroxyl groups is 2. The molecule has 2 rings (SSSR count). The summed E-state index contributed by atoms with van der Waals surface area (Å²) in [7, 11) is 0. The predicted molar refractivity (Wildman–Crippen MR) is 67.4 cm³/mol. The van der Waals surface area contributed by atoms with Crippen LogP contribution in [0.2, 0.25) is 0 Å². The van der Waals surface area contributed by atoms with Crippen molar-refractivity contribution in [3.63, 3.8) is 0 Å². The Kier molecular flexibility index (Phi) is 17.3. The average Bonchev–Trinajstić information content (AvgIpc) is 2.59. The third-order valence-corrected chi connectivity index (χ3v) is 6.98. The molecule has 2 heterocycles. The van der Waals surface area contributed by atoms with Crippen LogP contribution in [0.25, 0.3) is 0 Å². The number of carboxylic acid groups (broad SMARTS) is 3. The van der Waals surface area contributed by atoms with E-state index in [1.165, 1.54) is 0 Å². The molecule has 150 valence electrons. The molecule has 0 aromatic rings. The first-order valence-electron chi connectivity index (χ1n) is 6.77. The first kappa shape index (κ1) is 35.2. The molecular weight excluding hydrogens is 646 g/mol. The minimum Gasteiger partial charge on any atom is 1.00 e. The van der Waals surface area contributed by atoms with Crippen LogP contribution in [-0.2, 0) is 37.2 Å². The molecule has 2 N–H and O–H groups in total. The Balaban J connectivity index is -0.000000444. The molecule has 30 heavy (non-hydrogen) atoms. The molecule has 14 nitrogen and oxygen atoms in total. The molecule has 0 saturated carbocycles. The summed E-state index contributed by atoms with van der Waals surface area (Å²) in [5.74, 6) is -8.50. The topological polar surface area (TPSA) is 240 Å². The minimum atomic E-state index is -3.70. The zero-order chi connectivity index (χ0) is 21.0. The molecule has 0 amide bonds. The number of hydrogen-bond acceptors (Lipinski definition) is 14. The third kappa shape index (κ3) is 11.0. The monoisotopic (exact) mass is 656 g/mol. The van der Waals surface area contributed by atoms with Crippen molar-refractivity contribution in [2.24, 2.45) is 0 Å². The number of carboxylic acids is 3. The van der Waals surface area contributed by atoms with Gasteiger partial charge in [-0.15, -0.1) is 0 Å². The normalized spacial score (nSPS) is 16.8. The fourth-order valence-corrected chi connectivity index (χ4v) is 5.22. The molecule has 0 spiro atoms. The van der Waals surface area contributed by atoms with Crippen molar-refractivity contribution < 1.29 is 151 Å². The van der Waals surface area contributed by atoms with E-state index in [0.29, 0.717) is 0 Å². The molecule has 2 aliphatic heterocycles. The van der Waals surface area contributed by atoms with E-state index in [-0.39, 0.29) is 88.7 Å². The number of carbonyl (C=O) groups excluding carboxylic acids is 6. The van der Waals surface area contributed by atoms with Crippen molar-refractivity contribution in [2.45, 2.75) is 36.9 Å². The first-order chi connectivity index (χ1) is 12.3. The Morgan fingerprint density at radius 2 is 1.27 bits per heavy atom. The van der Waals surface area contributed by atoms with Crippen LogP contribution in [-0.4, -0.2) is 80.3 Å². The summed E-state index contributed by atoms with van der Waals surface area (Å²) in [6.07, 6.45) is -3.81. The van der Waals surface area contributed by atoms with Crippen molar-refractivity contribution in [3.05, 3.63) is 0 Å². The Morgan fingerprint density at radius 3 is 1.57 bits per heavy atom. The van der Waals surface area contributed by atoms with Crippen LogP contribution in [0.15, 0.2) is 0 Å². The second-order valence-electron chi connectivity index (χ2n) is 5.33. The number of fused-ring (bicyclic) bond motifs is 3. The molecule has 0 unspecified atom stereocenters. The van der Waals surface area contributed by atoms with Crippen molar-refractivity contribution in [1.82, 2.24) is 0 Å². The zero-order valence-corrected chi connectivity index (χ0v) is 25.5. The Bertz CT molecular complexity index is 662. The van der Waals surface area contributed by atoms with Crippen molar-refractivity contribution in [1.29, 1.82) is 0 Å². The van der Waals surface area contributed by atoms with E-state index in [2.05, 4.69) is 8.44 Å².